The van der Waals surface area contributed by atoms with E-state index in [-0.39, 0.29) is 17.7 Å². The SMILES string of the molecule is O=C(c1ccccc1)N1N=C(c2ccncc2)C[C@@H]1c1ccccc1O. The van der Waals surface area contributed by atoms with Crippen LogP contribution in [0.4, 0.5) is 0 Å². The van der Waals surface area contributed by atoms with Crippen LogP contribution in [-0.4, -0.2) is 26.7 Å². The summed E-state index contributed by atoms with van der Waals surface area (Å²) < 4.78 is 0. The molecule has 0 bridgehead atoms. The van der Waals surface area contributed by atoms with Crippen molar-refractivity contribution in [1.29, 1.82) is 0 Å². The van der Waals surface area contributed by atoms with Crippen LogP contribution in [0.1, 0.15) is 33.9 Å². The van der Waals surface area contributed by atoms with Gasteiger partial charge in [-0.25, -0.2) is 5.01 Å². The Morgan fingerprint density at radius 1 is 0.962 bits per heavy atom. The average molecular weight is 343 g/mol. The number of hydrazone groups is 1. The molecule has 5 nitrogen and oxygen atoms in total. The van der Waals surface area contributed by atoms with Gasteiger partial charge < -0.3 is 5.11 Å². The van der Waals surface area contributed by atoms with E-state index in [9.17, 15) is 9.90 Å². The molecule has 0 saturated heterocycles. The first-order chi connectivity index (χ1) is 12.7. The molecule has 26 heavy (non-hydrogen) atoms. The van der Waals surface area contributed by atoms with E-state index in [1.807, 2.05) is 42.5 Å². The molecule has 2 heterocycles. The Hall–Kier alpha value is -3.47. The molecule has 1 aliphatic rings. The fraction of sp³-hybridized carbons (Fsp3) is 0.0952. The molecular formula is C21H17N3O2. The third-order valence-electron chi connectivity index (χ3n) is 4.45. The molecule has 1 N–H and O–H groups in total. The van der Waals surface area contributed by atoms with E-state index in [0.717, 1.165) is 11.3 Å². The van der Waals surface area contributed by atoms with E-state index in [1.54, 1.807) is 36.7 Å². The molecule has 2 aromatic carbocycles. The fourth-order valence-corrected chi connectivity index (χ4v) is 3.14. The molecule has 1 aromatic heterocycles. The van der Waals surface area contributed by atoms with Gasteiger partial charge in [-0.1, -0.05) is 36.4 Å². The van der Waals surface area contributed by atoms with Crippen molar-refractivity contribution in [3.63, 3.8) is 0 Å². The van der Waals surface area contributed by atoms with E-state index in [1.165, 1.54) is 5.01 Å². The van der Waals surface area contributed by atoms with Gasteiger partial charge in [0.2, 0.25) is 0 Å². The third-order valence-corrected chi connectivity index (χ3v) is 4.45. The Morgan fingerprint density at radius 2 is 1.65 bits per heavy atom. The predicted molar refractivity (Wildman–Crippen MR) is 98.9 cm³/mol. The number of phenolic OH excluding ortho intramolecular Hbond substituents is 1. The summed E-state index contributed by atoms with van der Waals surface area (Å²) in [6.45, 7) is 0. The van der Waals surface area contributed by atoms with Crippen LogP contribution in [0.25, 0.3) is 0 Å². The number of phenols is 1. The molecule has 0 aliphatic carbocycles. The van der Waals surface area contributed by atoms with E-state index < -0.39 is 0 Å². The molecule has 0 fully saturated rings. The van der Waals surface area contributed by atoms with Gasteiger partial charge in [0.25, 0.3) is 5.91 Å². The van der Waals surface area contributed by atoms with Crippen LogP contribution in [0, 0.1) is 0 Å². The number of para-hydroxylation sites is 1. The zero-order valence-electron chi connectivity index (χ0n) is 14.0. The van der Waals surface area contributed by atoms with Crippen LogP contribution in [0.2, 0.25) is 0 Å². The normalized spacial score (nSPS) is 16.4. The van der Waals surface area contributed by atoms with Crippen molar-refractivity contribution in [1.82, 2.24) is 9.99 Å². The van der Waals surface area contributed by atoms with Crippen molar-refractivity contribution >= 4 is 11.6 Å². The number of carbonyl (C=O) groups excluding carboxylic acids is 1. The number of aromatic hydroxyl groups is 1. The van der Waals surface area contributed by atoms with Crippen LogP contribution in [0.15, 0.2) is 84.2 Å². The quantitative estimate of drug-likeness (QED) is 0.787. The molecule has 5 heteroatoms. The maximum atomic E-state index is 13.0. The largest absolute Gasteiger partial charge is 0.508 e. The summed E-state index contributed by atoms with van der Waals surface area (Å²) in [6, 6.07) is 19.5. The second-order valence-electron chi connectivity index (χ2n) is 6.08. The fourth-order valence-electron chi connectivity index (χ4n) is 3.14. The number of amides is 1. The maximum absolute atomic E-state index is 13.0. The number of pyridine rings is 1. The number of benzene rings is 2. The summed E-state index contributed by atoms with van der Waals surface area (Å²) in [5.41, 5.74) is 2.96. The first-order valence-electron chi connectivity index (χ1n) is 8.38. The number of aromatic nitrogens is 1. The van der Waals surface area contributed by atoms with Crippen molar-refractivity contribution < 1.29 is 9.90 Å². The topological polar surface area (TPSA) is 65.8 Å². The molecule has 4 rings (SSSR count). The number of carbonyl (C=O) groups is 1. The zero-order valence-corrected chi connectivity index (χ0v) is 14.0. The first kappa shape index (κ1) is 16.0. The van der Waals surface area contributed by atoms with Crippen molar-refractivity contribution in [3.8, 4) is 5.75 Å². The zero-order chi connectivity index (χ0) is 17.9. The van der Waals surface area contributed by atoms with Gasteiger partial charge in [-0.05, 0) is 30.3 Å². The molecule has 3 aromatic rings. The predicted octanol–water partition coefficient (Wildman–Crippen LogP) is 3.78. The van der Waals surface area contributed by atoms with Gasteiger partial charge >= 0.3 is 0 Å². The Balaban J connectivity index is 1.76. The second-order valence-corrected chi connectivity index (χ2v) is 6.08. The highest BCUT2D eigenvalue weighted by atomic mass is 16.3. The van der Waals surface area contributed by atoms with E-state index in [4.69, 9.17) is 0 Å². The number of hydrogen-bond acceptors (Lipinski definition) is 4. The van der Waals surface area contributed by atoms with E-state index in [0.29, 0.717) is 17.5 Å². The summed E-state index contributed by atoms with van der Waals surface area (Å²) in [7, 11) is 0. The number of rotatable bonds is 3. The highest BCUT2D eigenvalue weighted by molar-refractivity contribution is 6.05. The van der Waals surface area contributed by atoms with Gasteiger partial charge in [-0.15, -0.1) is 0 Å². The molecule has 0 saturated carbocycles. The molecule has 1 atom stereocenters. The maximum Gasteiger partial charge on any atom is 0.274 e. The molecule has 128 valence electrons. The van der Waals surface area contributed by atoms with Gasteiger partial charge in [-0.2, -0.15) is 5.10 Å². The minimum Gasteiger partial charge on any atom is -0.508 e. The highest BCUT2D eigenvalue weighted by Crippen LogP contribution is 2.37. The van der Waals surface area contributed by atoms with Gasteiger partial charge in [0, 0.05) is 35.5 Å². The second kappa shape index (κ2) is 6.80. The summed E-state index contributed by atoms with van der Waals surface area (Å²) in [5.74, 6) is -0.0301. The van der Waals surface area contributed by atoms with Gasteiger partial charge in [-0.3, -0.25) is 9.78 Å². The Morgan fingerprint density at radius 3 is 2.38 bits per heavy atom. The standard InChI is InChI=1S/C21H17N3O2/c25-20-9-5-4-8-17(20)19-14-18(15-10-12-22-13-11-15)23-24(19)21(26)16-6-2-1-3-7-16/h1-13,19,25H,14H2/t19-/m1/s1. The first-order valence-corrected chi connectivity index (χ1v) is 8.38. The number of nitrogens with zero attached hydrogens (tertiary/aromatic N) is 3. The Bertz CT molecular complexity index is 955. The van der Waals surface area contributed by atoms with Crippen molar-refractivity contribution in [3.05, 3.63) is 95.8 Å². The van der Waals surface area contributed by atoms with Crippen LogP contribution in [0.3, 0.4) is 0 Å². The molecule has 1 aliphatic heterocycles. The van der Waals surface area contributed by atoms with Crippen LogP contribution in [0.5, 0.6) is 5.75 Å². The molecular weight excluding hydrogens is 326 g/mol. The minimum absolute atomic E-state index is 0.162. The summed E-state index contributed by atoms with van der Waals surface area (Å²) in [4.78, 5) is 17.1. The molecule has 0 spiro atoms. The lowest BCUT2D eigenvalue weighted by atomic mass is 9.98. The number of hydrogen-bond donors (Lipinski definition) is 1. The summed E-state index contributed by atoms with van der Waals surface area (Å²) in [6.07, 6.45) is 3.93. The van der Waals surface area contributed by atoms with Crippen LogP contribution < -0.4 is 0 Å². The van der Waals surface area contributed by atoms with Crippen molar-refractivity contribution in [2.24, 2.45) is 5.10 Å². The summed E-state index contributed by atoms with van der Waals surface area (Å²) >= 11 is 0. The molecule has 1 amide bonds. The minimum atomic E-state index is -0.355. The van der Waals surface area contributed by atoms with Crippen LogP contribution >= 0.6 is 0 Å². The third kappa shape index (κ3) is 2.95. The van der Waals surface area contributed by atoms with Crippen molar-refractivity contribution in [2.75, 3.05) is 0 Å². The lowest BCUT2D eigenvalue weighted by Crippen LogP contribution is -2.27. The monoisotopic (exact) mass is 343 g/mol. The lowest BCUT2D eigenvalue weighted by Gasteiger charge is -2.22. The van der Waals surface area contributed by atoms with E-state index in [2.05, 4.69) is 10.1 Å². The Kier molecular flexibility index (Phi) is 4.19. The summed E-state index contributed by atoms with van der Waals surface area (Å²) in [5, 5.41) is 16.4. The van der Waals surface area contributed by atoms with Gasteiger partial charge in [0.1, 0.15) is 5.75 Å². The van der Waals surface area contributed by atoms with E-state index >= 15 is 0 Å². The van der Waals surface area contributed by atoms with Gasteiger partial charge in [0.05, 0.1) is 11.8 Å². The van der Waals surface area contributed by atoms with Gasteiger partial charge in [0.15, 0.2) is 0 Å². The Labute approximate surface area is 151 Å². The highest BCUT2D eigenvalue weighted by Gasteiger charge is 2.34. The lowest BCUT2D eigenvalue weighted by molar-refractivity contribution is 0.0709. The molecule has 0 radical (unpaired) electrons. The smallest absolute Gasteiger partial charge is 0.274 e. The average Bonchev–Trinajstić information content (AvgIpc) is 3.14. The van der Waals surface area contributed by atoms with Crippen LogP contribution in [-0.2, 0) is 0 Å². The molecule has 0 unspecified atom stereocenters. The van der Waals surface area contributed by atoms with Crippen molar-refractivity contribution in [2.45, 2.75) is 12.5 Å².